The number of nitrogens with zero attached hydrogens (tertiary/aromatic N) is 1. The molecule has 0 aromatic heterocycles. The highest BCUT2D eigenvalue weighted by Gasteiger charge is 2.49. The quantitative estimate of drug-likeness (QED) is 0.919. The summed E-state index contributed by atoms with van der Waals surface area (Å²) in [5, 5.41) is 11.9. The first-order chi connectivity index (χ1) is 11.2. The lowest BCUT2D eigenvalue weighted by molar-refractivity contribution is -0.0120. The molecule has 4 rings (SSSR count). The van der Waals surface area contributed by atoms with Crippen molar-refractivity contribution in [2.24, 2.45) is 11.8 Å². The van der Waals surface area contributed by atoms with Crippen LogP contribution >= 0.6 is 0 Å². The zero-order chi connectivity index (χ0) is 15.9. The molecule has 0 bridgehead atoms. The Kier molecular flexibility index (Phi) is 3.74. The molecule has 1 aliphatic heterocycles. The monoisotopic (exact) mass is 307 g/mol. The van der Waals surface area contributed by atoms with Gasteiger partial charge in [0.1, 0.15) is 5.60 Å². The Morgan fingerprint density at radius 2 is 1.61 bits per heavy atom. The molecule has 1 saturated heterocycles. The topological polar surface area (TPSA) is 23.5 Å². The molecule has 2 nitrogen and oxygen atoms in total. The molecule has 0 saturated carbocycles. The van der Waals surface area contributed by atoms with Crippen molar-refractivity contribution in [3.63, 3.8) is 0 Å². The molecule has 0 radical (unpaired) electrons. The van der Waals surface area contributed by atoms with Gasteiger partial charge < -0.3 is 10.0 Å². The van der Waals surface area contributed by atoms with Crippen LogP contribution in [0.25, 0.3) is 0 Å². The summed E-state index contributed by atoms with van der Waals surface area (Å²) in [7, 11) is 2.20. The molecule has 2 aromatic rings. The van der Waals surface area contributed by atoms with Crippen LogP contribution in [0, 0.1) is 11.8 Å². The standard InChI is InChI=1S/C21H25NO/c1-22-13-11-16(12-14-22)20-15-17-7-5-6-10-19(17)21(20,23)18-8-3-2-4-9-18/h2-10,16,20,23H,11-15H2,1H3. The average Bonchev–Trinajstić information content (AvgIpc) is 2.91. The van der Waals surface area contributed by atoms with Crippen molar-refractivity contribution in [3.05, 3.63) is 71.3 Å². The van der Waals surface area contributed by atoms with Gasteiger partial charge in [0.05, 0.1) is 0 Å². The number of likely N-dealkylation sites (tertiary alicyclic amines) is 1. The minimum absolute atomic E-state index is 0.288. The Morgan fingerprint density at radius 1 is 0.957 bits per heavy atom. The van der Waals surface area contributed by atoms with Crippen LogP contribution in [0.5, 0.6) is 0 Å². The third-order valence-corrected chi connectivity index (χ3v) is 5.95. The predicted molar refractivity (Wildman–Crippen MR) is 93.3 cm³/mol. The fourth-order valence-corrected chi connectivity index (χ4v) is 4.66. The summed E-state index contributed by atoms with van der Waals surface area (Å²) in [6, 6.07) is 18.8. The van der Waals surface area contributed by atoms with E-state index in [0.29, 0.717) is 5.92 Å². The molecular weight excluding hydrogens is 282 g/mol. The van der Waals surface area contributed by atoms with Crippen molar-refractivity contribution in [2.75, 3.05) is 20.1 Å². The maximum absolute atomic E-state index is 11.9. The minimum atomic E-state index is -0.835. The number of hydrogen-bond acceptors (Lipinski definition) is 2. The Labute approximate surface area is 138 Å². The highest BCUT2D eigenvalue weighted by molar-refractivity contribution is 5.46. The lowest BCUT2D eigenvalue weighted by Crippen LogP contribution is -2.42. The largest absolute Gasteiger partial charge is 0.380 e. The van der Waals surface area contributed by atoms with Gasteiger partial charge in [-0.2, -0.15) is 0 Å². The Morgan fingerprint density at radius 3 is 2.35 bits per heavy atom. The van der Waals surface area contributed by atoms with Gasteiger partial charge in [0.15, 0.2) is 0 Å². The van der Waals surface area contributed by atoms with Crippen LogP contribution in [0.2, 0.25) is 0 Å². The molecule has 0 spiro atoms. The van der Waals surface area contributed by atoms with Crippen molar-refractivity contribution < 1.29 is 5.11 Å². The van der Waals surface area contributed by atoms with Gasteiger partial charge in [0.2, 0.25) is 0 Å². The Bertz CT molecular complexity index is 675. The van der Waals surface area contributed by atoms with E-state index >= 15 is 0 Å². The van der Waals surface area contributed by atoms with Crippen LogP contribution in [0.15, 0.2) is 54.6 Å². The van der Waals surface area contributed by atoms with Crippen molar-refractivity contribution in [3.8, 4) is 0 Å². The number of piperidine rings is 1. The summed E-state index contributed by atoms with van der Waals surface area (Å²) in [5.74, 6) is 0.875. The molecule has 1 fully saturated rings. The zero-order valence-corrected chi connectivity index (χ0v) is 13.8. The third kappa shape index (κ3) is 2.41. The highest BCUT2D eigenvalue weighted by Crippen LogP contribution is 2.50. The molecule has 0 amide bonds. The summed E-state index contributed by atoms with van der Waals surface area (Å²) < 4.78 is 0. The highest BCUT2D eigenvalue weighted by atomic mass is 16.3. The summed E-state index contributed by atoms with van der Waals surface area (Å²) in [5.41, 5.74) is 2.66. The van der Waals surface area contributed by atoms with E-state index < -0.39 is 5.60 Å². The third-order valence-electron chi connectivity index (χ3n) is 5.95. The number of fused-ring (bicyclic) bond motifs is 1. The fourth-order valence-electron chi connectivity index (χ4n) is 4.66. The van der Waals surface area contributed by atoms with Gasteiger partial charge in [-0.3, -0.25) is 0 Å². The first kappa shape index (κ1) is 14.9. The van der Waals surface area contributed by atoms with Crippen LogP contribution < -0.4 is 0 Å². The maximum Gasteiger partial charge on any atom is 0.118 e. The van der Waals surface area contributed by atoms with Gasteiger partial charge in [-0.15, -0.1) is 0 Å². The fraction of sp³-hybridized carbons (Fsp3) is 0.429. The molecule has 1 aliphatic carbocycles. The van der Waals surface area contributed by atoms with Crippen LogP contribution in [0.1, 0.15) is 29.5 Å². The molecule has 2 heteroatoms. The maximum atomic E-state index is 11.9. The smallest absolute Gasteiger partial charge is 0.118 e. The molecule has 2 aromatic carbocycles. The normalized spacial score (nSPS) is 28.7. The lowest BCUT2D eigenvalue weighted by Gasteiger charge is -2.40. The second kappa shape index (κ2) is 5.77. The van der Waals surface area contributed by atoms with Crippen molar-refractivity contribution in [1.82, 2.24) is 4.90 Å². The first-order valence-electron chi connectivity index (χ1n) is 8.74. The number of hydrogen-bond donors (Lipinski definition) is 1. The van der Waals surface area contributed by atoms with Crippen molar-refractivity contribution in [1.29, 1.82) is 0 Å². The molecular formula is C21H25NO. The summed E-state index contributed by atoms with van der Waals surface area (Å²) in [6.07, 6.45) is 3.37. The van der Waals surface area contributed by atoms with Crippen LogP contribution in [0.4, 0.5) is 0 Å². The SMILES string of the molecule is CN1CCC(C2Cc3ccccc3C2(O)c2ccccc2)CC1. The van der Waals surface area contributed by atoms with Gasteiger partial charge in [0.25, 0.3) is 0 Å². The van der Waals surface area contributed by atoms with Crippen molar-refractivity contribution in [2.45, 2.75) is 24.9 Å². The molecule has 1 N–H and O–H groups in total. The van der Waals surface area contributed by atoms with Crippen LogP contribution in [0.3, 0.4) is 0 Å². The first-order valence-corrected chi connectivity index (χ1v) is 8.74. The average molecular weight is 307 g/mol. The van der Waals surface area contributed by atoms with Crippen molar-refractivity contribution >= 4 is 0 Å². The van der Waals surface area contributed by atoms with Crippen LogP contribution in [-0.4, -0.2) is 30.1 Å². The predicted octanol–water partition coefficient (Wildman–Crippen LogP) is 3.44. The van der Waals surface area contributed by atoms with Gasteiger partial charge in [-0.1, -0.05) is 54.6 Å². The number of rotatable bonds is 2. The van der Waals surface area contributed by atoms with Crippen LogP contribution in [-0.2, 0) is 12.0 Å². The summed E-state index contributed by atoms with van der Waals surface area (Å²) in [6.45, 7) is 2.28. The summed E-state index contributed by atoms with van der Waals surface area (Å²) in [4.78, 5) is 2.40. The molecule has 23 heavy (non-hydrogen) atoms. The van der Waals surface area contributed by atoms with E-state index in [0.717, 1.165) is 30.6 Å². The molecule has 1 heterocycles. The lowest BCUT2D eigenvalue weighted by atomic mass is 9.71. The minimum Gasteiger partial charge on any atom is -0.380 e. The van der Waals surface area contributed by atoms with E-state index in [1.165, 1.54) is 18.4 Å². The zero-order valence-electron chi connectivity index (χ0n) is 13.8. The van der Waals surface area contributed by atoms with E-state index in [1.807, 2.05) is 18.2 Å². The van der Waals surface area contributed by atoms with Gasteiger partial charge in [-0.05, 0) is 62.0 Å². The molecule has 2 unspecified atom stereocenters. The second-order valence-electron chi connectivity index (χ2n) is 7.24. The Hall–Kier alpha value is -1.64. The van der Waals surface area contributed by atoms with E-state index in [-0.39, 0.29) is 5.92 Å². The molecule has 2 atom stereocenters. The van der Waals surface area contributed by atoms with Gasteiger partial charge in [-0.25, -0.2) is 0 Å². The van der Waals surface area contributed by atoms with E-state index in [1.54, 1.807) is 0 Å². The van der Waals surface area contributed by atoms with Gasteiger partial charge in [0, 0.05) is 5.92 Å². The van der Waals surface area contributed by atoms with E-state index in [2.05, 4.69) is 48.3 Å². The number of aliphatic hydroxyl groups is 1. The summed E-state index contributed by atoms with van der Waals surface area (Å²) >= 11 is 0. The van der Waals surface area contributed by atoms with Gasteiger partial charge >= 0.3 is 0 Å². The number of benzene rings is 2. The van der Waals surface area contributed by atoms with E-state index in [9.17, 15) is 5.11 Å². The Balaban J connectivity index is 1.77. The second-order valence-corrected chi connectivity index (χ2v) is 7.24. The molecule has 2 aliphatic rings. The van der Waals surface area contributed by atoms with E-state index in [4.69, 9.17) is 0 Å². The molecule has 120 valence electrons.